The first-order chi connectivity index (χ1) is 8.70. The van der Waals surface area contributed by atoms with Gasteiger partial charge >= 0.3 is 0 Å². The lowest BCUT2D eigenvalue weighted by Gasteiger charge is -2.19. The second-order valence-electron chi connectivity index (χ2n) is 4.13. The summed E-state index contributed by atoms with van der Waals surface area (Å²) < 4.78 is 13.7. The SMILES string of the molecule is CCC(Nc1ccc(Cl)cc1)c1ccccc1F. The number of hydrogen-bond acceptors (Lipinski definition) is 1. The minimum absolute atomic E-state index is 0.0348. The smallest absolute Gasteiger partial charge is 0.128 e. The molecule has 0 saturated heterocycles. The Morgan fingerprint density at radius 2 is 1.78 bits per heavy atom. The van der Waals surface area contributed by atoms with E-state index in [0.29, 0.717) is 10.6 Å². The maximum absolute atomic E-state index is 13.7. The van der Waals surface area contributed by atoms with E-state index in [-0.39, 0.29) is 11.9 Å². The molecule has 1 N–H and O–H groups in total. The molecule has 1 nitrogen and oxygen atoms in total. The molecule has 2 aromatic carbocycles. The molecule has 0 spiro atoms. The van der Waals surface area contributed by atoms with Crippen LogP contribution in [0, 0.1) is 5.82 Å². The van der Waals surface area contributed by atoms with Crippen molar-refractivity contribution in [3.05, 3.63) is 64.9 Å². The van der Waals surface area contributed by atoms with Gasteiger partial charge in [-0.1, -0.05) is 36.7 Å². The maximum atomic E-state index is 13.7. The van der Waals surface area contributed by atoms with E-state index < -0.39 is 0 Å². The monoisotopic (exact) mass is 263 g/mol. The lowest BCUT2D eigenvalue weighted by molar-refractivity contribution is 0.587. The quantitative estimate of drug-likeness (QED) is 0.815. The first-order valence-electron chi connectivity index (χ1n) is 5.97. The van der Waals surface area contributed by atoms with Crippen molar-refractivity contribution in [2.75, 3.05) is 5.32 Å². The molecule has 2 rings (SSSR count). The third-order valence-electron chi connectivity index (χ3n) is 2.87. The van der Waals surface area contributed by atoms with Crippen molar-refractivity contribution < 1.29 is 4.39 Å². The molecule has 18 heavy (non-hydrogen) atoms. The van der Waals surface area contributed by atoms with E-state index in [0.717, 1.165) is 12.1 Å². The van der Waals surface area contributed by atoms with Crippen LogP contribution < -0.4 is 5.32 Å². The summed E-state index contributed by atoms with van der Waals surface area (Å²) in [5, 5.41) is 4.01. The molecule has 94 valence electrons. The second kappa shape index (κ2) is 5.87. The Kier molecular flexibility index (Phi) is 4.21. The van der Waals surface area contributed by atoms with Gasteiger partial charge in [-0.25, -0.2) is 4.39 Å². The molecule has 0 aliphatic heterocycles. The Labute approximate surface area is 112 Å². The number of nitrogens with one attached hydrogen (secondary N) is 1. The van der Waals surface area contributed by atoms with Gasteiger partial charge in [0, 0.05) is 16.3 Å². The van der Waals surface area contributed by atoms with Crippen molar-refractivity contribution in [3.8, 4) is 0 Å². The molecule has 0 fully saturated rings. The van der Waals surface area contributed by atoms with Crippen LogP contribution in [0.15, 0.2) is 48.5 Å². The Balaban J connectivity index is 2.20. The summed E-state index contributed by atoms with van der Waals surface area (Å²) in [7, 11) is 0. The van der Waals surface area contributed by atoms with Crippen molar-refractivity contribution in [1.82, 2.24) is 0 Å². The van der Waals surface area contributed by atoms with Gasteiger partial charge in [-0.2, -0.15) is 0 Å². The van der Waals surface area contributed by atoms with E-state index in [9.17, 15) is 4.39 Å². The van der Waals surface area contributed by atoms with Crippen LogP contribution in [-0.2, 0) is 0 Å². The van der Waals surface area contributed by atoms with Gasteiger partial charge in [0.05, 0.1) is 6.04 Å². The minimum Gasteiger partial charge on any atom is -0.378 e. The van der Waals surface area contributed by atoms with Gasteiger partial charge in [-0.3, -0.25) is 0 Å². The van der Waals surface area contributed by atoms with Crippen molar-refractivity contribution in [2.24, 2.45) is 0 Å². The molecule has 3 heteroatoms. The Morgan fingerprint density at radius 1 is 1.11 bits per heavy atom. The highest BCUT2D eigenvalue weighted by Crippen LogP contribution is 2.25. The van der Waals surface area contributed by atoms with Crippen LogP contribution in [-0.4, -0.2) is 0 Å². The molecular formula is C15H15ClFN. The number of benzene rings is 2. The molecular weight excluding hydrogens is 249 g/mol. The predicted molar refractivity (Wildman–Crippen MR) is 74.5 cm³/mol. The van der Waals surface area contributed by atoms with Crippen LogP contribution in [0.5, 0.6) is 0 Å². The van der Waals surface area contributed by atoms with Crippen molar-refractivity contribution in [3.63, 3.8) is 0 Å². The molecule has 1 atom stereocenters. The van der Waals surface area contributed by atoms with Crippen molar-refractivity contribution >= 4 is 17.3 Å². The zero-order valence-corrected chi connectivity index (χ0v) is 10.9. The van der Waals surface area contributed by atoms with Gasteiger partial charge in [-0.05, 0) is 36.8 Å². The molecule has 2 aromatic rings. The fourth-order valence-corrected chi connectivity index (χ4v) is 2.03. The summed E-state index contributed by atoms with van der Waals surface area (Å²) in [5.41, 5.74) is 1.63. The summed E-state index contributed by atoms with van der Waals surface area (Å²) in [4.78, 5) is 0. The topological polar surface area (TPSA) is 12.0 Å². The highest BCUT2D eigenvalue weighted by Gasteiger charge is 2.12. The molecule has 1 unspecified atom stereocenters. The molecule has 0 saturated carbocycles. The number of halogens is 2. The van der Waals surface area contributed by atoms with Gasteiger partial charge in [-0.15, -0.1) is 0 Å². The van der Waals surface area contributed by atoms with Crippen LogP contribution in [0.2, 0.25) is 5.02 Å². The van der Waals surface area contributed by atoms with Crippen molar-refractivity contribution in [1.29, 1.82) is 0 Å². The average molecular weight is 264 g/mol. The van der Waals surface area contributed by atoms with Crippen LogP contribution in [0.4, 0.5) is 10.1 Å². The molecule has 0 bridgehead atoms. The number of hydrogen-bond donors (Lipinski definition) is 1. The van der Waals surface area contributed by atoms with Gasteiger partial charge in [0.25, 0.3) is 0 Å². The fourth-order valence-electron chi connectivity index (χ4n) is 1.90. The van der Waals surface area contributed by atoms with Crippen molar-refractivity contribution in [2.45, 2.75) is 19.4 Å². The molecule has 0 aliphatic carbocycles. The fraction of sp³-hybridized carbons (Fsp3) is 0.200. The van der Waals surface area contributed by atoms with E-state index >= 15 is 0 Å². The van der Waals surface area contributed by atoms with E-state index in [2.05, 4.69) is 5.32 Å². The first kappa shape index (κ1) is 12.9. The van der Waals surface area contributed by atoms with Gasteiger partial charge in [0.15, 0.2) is 0 Å². The zero-order chi connectivity index (χ0) is 13.0. The van der Waals surface area contributed by atoms with Crippen LogP contribution in [0.1, 0.15) is 24.9 Å². The largest absolute Gasteiger partial charge is 0.378 e. The summed E-state index contributed by atoms with van der Waals surface area (Å²) in [5.74, 6) is -0.175. The zero-order valence-electron chi connectivity index (χ0n) is 10.2. The standard InChI is InChI=1S/C15H15ClFN/c1-2-15(13-5-3-4-6-14(13)17)18-12-9-7-11(16)8-10-12/h3-10,15,18H,2H2,1H3. The third-order valence-corrected chi connectivity index (χ3v) is 3.13. The van der Waals surface area contributed by atoms with E-state index in [1.807, 2.05) is 43.3 Å². The Bertz CT molecular complexity index is 510. The second-order valence-corrected chi connectivity index (χ2v) is 4.57. The number of anilines is 1. The summed E-state index contributed by atoms with van der Waals surface area (Å²) in [6, 6.07) is 14.2. The molecule has 0 aliphatic rings. The first-order valence-corrected chi connectivity index (χ1v) is 6.35. The van der Waals surface area contributed by atoms with E-state index in [1.165, 1.54) is 6.07 Å². The van der Waals surface area contributed by atoms with Gasteiger partial charge in [0.2, 0.25) is 0 Å². The van der Waals surface area contributed by atoms with Gasteiger partial charge in [0.1, 0.15) is 5.82 Å². The third kappa shape index (κ3) is 3.02. The van der Waals surface area contributed by atoms with E-state index in [4.69, 9.17) is 11.6 Å². The summed E-state index contributed by atoms with van der Waals surface area (Å²) >= 11 is 5.84. The minimum atomic E-state index is -0.175. The number of rotatable bonds is 4. The normalized spacial score (nSPS) is 12.2. The Morgan fingerprint density at radius 3 is 2.39 bits per heavy atom. The maximum Gasteiger partial charge on any atom is 0.128 e. The highest BCUT2D eigenvalue weighted by atomic mass is 35.5. The van der Waals surface area contributed by atoms with Gasteiger partial charge < -0.3 is 5.32 Å². The lowest BCUT2D eigenvalue weighted by atomic mass is 10.0. The molecule has 0 amide bonds. The Hall–Kier alpha value is -1.54. The lowest BCUT2D eigenvalue weighted by Crippen LogP contribution is -2.11. The molecule has 0 radical (unpaired) electrons. The molecule has 0 aromatic heterocycles. The van der Waals surface area contributed by atoms with Crippen LogP contribution in [0.3, 0.4) is 0 Å². The average Bonchev–Trinajstić information content (AvgIpc) is 2.39. The predicted octanol–water partition coefficient (Wildman–Crippen LogP) is 5.04. The molecule has 0 heterocycles. The van der Waals surface area contributed by atoms with Crippen LogP contribution >= 0.6 is 11.6 Å². The van der Waals surface area contributed by atoms with E-state index in [1.54, 1.807) is 6.07 Å². The summed E-state index contributed by atoms with van der Waals surface area (Å²) in [6.07, 6.45) is 0.809. The summed E-state index contributed by atoms with van der Waals surface area (Å²) in [6.45, 7) is 2.03. The highest BCUT2D eigenvalue weighted by molar-refractivity contribution is 6.30. The van der Waals surface area contributed by atoms with Crippen LogP contribution in [0.25, 0.3) is 0 Å².